The number of aromatic nitrogens is 1. The van der Waals surface area contributed by atoms with Gasteiger partial charge < -0.3 is 5.73 Å². The van der Waals surface area contributed by atoms with E-state index in [1.54, 1.807) is 11.8 Å². The number of hydrogen-bond acceptors (Lipinski definition) is 3. The fourth-order valence-corrected chi connectivity index (χ4v) is 3.74. The first-order valence-corrected chi connectivity index (χ1v) is 7.98. The average Bonchev–Trinajstić information content (AvgIpc) is 2.88. The van der Waals surface area contributed by atoms with E-state index in [4.69, 9.17) is 16.1 Å². The number of fused-ring (bicyclic) bond motifs is 1. The van der Waals surface area contributed by atoms with Gasteiger partial charge in [-0.05, 0) is 56.4 Å². The zero-order chi connectivity index (χ0) is 15.0. The molecule has 3 nitrogen and oxygen atoms in total. The predicted octanol–water partition coefficient (Wildman–Crippen LogP) is 3.62. The van der Waals surface area contributed by atoms with Crippen LogP contribution in [0.15, 0.2) is 34.2 Å². The van der Waals surface area contributed by atoms with Crippen molar-refractivity contribution >= 4 is 17.6 Å². The minimum absolute atomic E-state index is 0.101. The molecule has 0 saturated carbocycles. The van der Waals surface area contributed by atoms with Crippen molar-refractivity contribution in [3.63, 3.8) is 0 Å². The van der Waals surface area contributed by atoms with Gasteiger partial charge in [-0.15, -0.1) is 0 Å². The Hall–Kier alpha value is -1.81. The number of nitrogens with one attached hydrogen (secondary N) is 1. The van der Waals surface area contributed by atoms with Gasteiger partial charge in [-0.3, -0.25) is 5.41 Å². The lowest BCUT2D eigenvalue weighted by atomic mass is 10.1. The largest absolute Gasteiger partial charge is 0.384 e. The Morgan fingerprint density at radius 2 is 2.05 bits per heavy atom. The van der Waals surface area contributed by atoms with Gasteiger partial charge in [0.15, 0.2) is 0 Å². The number of rotatable bonds is 3. The van der Waals surface area contributed by atoms with Crippen LogP contribution in [-0.4, -0.2) is 10.8 Å². The molecule has 2 aromatic rings. The van der Waals surface area contributed by atoms with E-state index < -0.39 is 0 Å². The molecule has 1 aliphatic rings. The maximum absolute atomic E-state index is 7.82. The third-order valence-corrected chi connectivity index (χ3v) is 5.03. The Morgan fingerprint density at radius 1 is 1.24 bits per heavy atom. The van der Waals surface area contributed by atoms with Crippen LogP contribution in [0.4, 0.5) is 0 Å². The summed E-state index contributed by atoms with van der Waals surface area (Å²) in [7, 11) is 0. The molecule has 0 amide bonds. The zero-order valence-electron chi connectivity index (χ0n) is 12.4. The normalized spacial score (nSPS) is 13.2. The molecule has 1 aromatic heterocycles. The third-order valence-electron chi connectivity index (χ3n) is 3.84. The fraction of sp³-hybridized carbons (Fsp3) is 0.294. The molecule has 108 valence electrons. The van der Waals surface area contributed by atoms with Crippen LogP contribution in [0.1, 0.15) is 34.4 Å². The lowest BCUT2D eigenvalue weighted by molar-refractivity contribution is 0.891. The number of benzene rings is 1. The molecule has 0 atom stereocenters. The summed E-state index contributed by atoms with van der Waals surface area (Å²) in [6.07, 6.45) is 3.24. The highest BCUT2D eigenvalue weighted by Gasteiger charge is 2.18. The molecule has 0 spiro atoms. The zero-order valence-corrected chi connectivity index (χ0v) is 13.2. The third kappa shape index (κ3) is 2.81. The lowest BCUT2D eigenvalue weighted by Crippen LogP contribution is -2.14. The van der Waals surface area contributed by atoms with E-state index >= 15 is 0 Å². The van der Waals surface area contributed by atoms with Gasteiger partial charge in [0.25, 0.3) is 0 Å². The molecular weight excluding hydrogens is 278 g/mol. The molecule has 1 heterocycles. The number of nitrogens with zero attached hydrogens (tertiary/aromatic N) is 1. The first-order chi connectivity index (χ1) is 10.0. The number of nitrogens with two attached hydrogens (primary N) is 1. The smallest absolute Gasteiger partial charge is 0.125 e. The van der Waals surface area contributed by atoms with E-state index in [0.29, 0.717) is 0 Å². The van der Waals surface area contributed by atoms with E-state index in [1.807, 2.05) is 0 Å². The highest BCUT2D eigenvalue weighted by atomic mass is 32.2. The maximum Gasteiger partial charge on any atom is 0.125 e. The van der Waals surface area contributed by atoms with E-state index in [9.17, 15) is 0 Å². The summed E-state index contributed by atoms with van der Waals surface area (Å²) < 4.78 is 0. The van der Waals surface area contributed by atoms with Crippen LogP contribution in [0.5, 0.6) is 0 Å². The van der Waals surface area contributed by atoms with Crippen molar-refractivity contribution in [2.24, 2.45) is 5.73 Å². The lowest BCUT2D eigenvalue weighted by Gasteiger charge is -2.12. The van der Waals surface area contributed by atoms with Gasteiger partial charge in [0.2, 0.25) is 0 Å². The van der Waals surface area contributed by atoms with Crippen molar-refractivity contribution in [2.45, 2.75) is 43.0 Å². The Labute approximate surface area is 129 Å². The minimum atomic E-state index is 0.101. The molecule has 0 saturated heterocycles. The van der Waals surface area contributed by atoms with Crippen LogP contribution >= 0.6 is 11.8 Å². The summed E-state index contributed by atoms with van der Waals surface area (Å²) in [5.74, 6) is 0.101. The van der Waals surface area contributed by atoms with E-state index in [2.05, 4.69) is 38.1 Å². The highest BCUT2D eigenvalue weighted by Crippen LogP contribution is 2.34. The Kier molecular flexibility index (Phi) is 3.72. The summed E-state index contributed by atoms with van der Waals surface area (Å²) in [4.78, 5) is 5.95. The highest BCUT2D eigenvalue weighted by molar-refractivity contribution is 7.99. The molecule has 3 N–H and O–H groups in total. The molecule has 1 aliphatic carbocycles. The predicted molar refractivity (Wildman–Crippen MR) is 87.3 cm³/mol. The van der Waals surface area contributed by atoms with Crippen molar-refractivity contribution in [1.29, 1.82) is 5.41 Å². The van der Waals surface area contributed by atoms with Gasteiger partial charge in [-0.2, -0.15) is 0 Å². The van der Waals surface area contributed by atoms with Crippen molar-refractivity contribution in [3.8, 4) is 0 Å². The van der Waals surface area contributed by atoms with Gasteiger partial charge in [-0.1, -0.05) is 29.5 Å². The molecule has 0 fully saturated rings. The topological polar surface area (TPSA) is 62.8 Å². The van der Waals surface area contributed by atoms with Crippen LogP contribution in [0.3, 0.4) is 0 Å². The van der Waals surface area contributed by atoms with E-state index in [0.717, 1.165) is 29.9 Å². The van der Waals surface area contributed by atoms with Crippen molar-refractivity contribution in [1.82, 2.24) is 4.98 Å². The van der Waals surface area contributed by atoms with Crippen molar-refractivity contribution in [2.75, 3.05) is 0 Å². The first-order valence-electron chi connectivity index (χ1n) is 7.17. The maximum atomic E-state index is 7.82. The van der Waals surface area contributed by atoms with Crippen molar-refractivity contribution in [3.05, 3.63) is 52.2 Å². The van der Waals surface area contributed by atoms with Crippen LogP contribution in [0.2, 0.25) is 0 Å². The fourth-order valence-electron chi connectivity index (χ4n) is 2.74. The molecule has 3 rings (SSSR count). The second kappa shape index (κ2) is 5.53. The molecule has 21 heavy (non-hydrogen) atoms. The second-order valence-corrected chi connectivity index (χ2v) is 6.62. The number of pyridine rings is 1. The molecule has 0 aliphatic heterocycles. The molecule has 1 aromatic carbocycles. The quantitative estimate of drug-likeness (QED) is 0.672. The van der Waals surface area contributed by atoms with Crippen molar-refractivity contribution < 1.29 is 0 Å². The molecule has 0 radical (unpaired) electrons. The Balaban J connectivity index is 2.03. The number of nitrogen functional groups attached to an aromatic ring is 1. The Morgan fingerprint density at radius 3 is 2.76 bits per heavy atom. The van der Waals surface area contributed by atoms with Gasteiger partial charge in [-0.25, -0.2) is 4.98 Å². The van der Waals surface area contributed by atoms with Crippen LogP contribution in [0, 0.1) is 19.3 Å². The second-order valence-electron chi connectivity index (χ2n) is 5.59. The van der Waals surface area contributed by atoms with Gasteiger partial charge >= 0.3 is 0 Å². The summed E-state index contributed by atoms with van der Waals surface area (Å²) in [5, 5.41) is 8.67. The summed E-state index contributed by atoms with van der Waals surface area (Å²) in [6, 6.07) is 8.46. The molecule has 4 heteroatoms. The summed E-state index contributed by atoms with van der Waals surface area (Å²) >= 11 is 1.61. The monoisotopic (exact) mass is 297 g/mol. The summed E-state index contributed by atoms with van der Waals surface area (Å²) in [5.41, 5.74) is 11.4. The van der Waals surface area contributed by atoms with E-state index in [1.165, 1.54) is 27.3 Å². The van der Waals surface area contributed by atoms with Gasteiger partial charge in [0, 0.05) is 16.2 Å². The molecular formula is C17H19N3S. The minimum Gasteiger partial charge on any atom is -0.384 e. The number of hydrogen-bond donors (Lipinski definition) is 2. The van der Waals surface area contributed by atoms with Crippen LogP contribution in [-0.2, 0) is 12.8 Å². The number of amidine groups is 1. The summed E-state index contributed by atoms with van der Waals surface area (Å²) in [6.45, 7) is 4.20. The van der Waals surface area contributed by atoms with Crippen LogP contribution in [0.25, 0.3) is 0 Å². The first kappa shape index (κ1) is 14.1. The standard InChI is InChI=1S/C17H19N3S/c1-10-6-7-15(11(2)8-10)21-17-13(16(18)19)9-12-4-3-5-14(12)20-17/h6-9H,3-5H2,1-2H3,(H3,18,19). The van der Waals surface area contributed by atoms with Crippen LogP contribution < -0.4 is 5.73 Å². The van der Waals surface area contributed by atoms with E-state index in [-0.39, 0.29) is 5.84 Å². The number of aryl methyl sites for hydroxylation is 4. The van der Waals surface area contributed by atoms with Gasteiger partial charge in [0.1, 0.15) is 10.9 Å². The molecule has 0 unspecified atom stereocenters. The average molecular weight is 297 g/mol. The molecule has 0 bridgehead atoms. The van der Waals surface area contributed by atoms with Gasteiger partial charge in [0.05, 0.1) is 0 Å². The SMILES string of the molecule is Cc1ccc(Sc2nc3c(cc2C(=N)N)CCC3)c(C)c1. The Bertz CT molecular complexity index is 722.